The van der Waals surface area contributed by atoms with Gasteiger partial charge < -0.3 is 9.64 Å². The molecule has 2 rings (SSSR count). The lowest BCUT2D eigenvalue weighted by atomic mass is 9.93. The van der Waals surface area contributed by atoms with Gasteiger partial charge in [0.1, 0.15) is 11.9 Å². The summed E-state index contributed by atoms with van der Waals surface area (Å²) in [4.78, 5) is 22.4. The molecule has 0 unspecified atom stereocenters. The molecule has 1 saturated heterocycles. The number of carbonyl (C=O) groups excluding carboxylic acids is 1. The Bertz CT molecular complexity index is 474. The zero-order valence-electron chi connectivity index (χ0n) is 12.7. The van der Waals surface area contributed by atoms with Gasteiger partial charge in [-0.1, -0.05) is 20.8 Å². The Morgan fingerprint density at radius 3 is 2.55 bits per heavy atom. The molecule has 0 N–H and O–H groups in total. The highest BCUT2D eigenvalue weighted by atomic mass is 16.5. The first-order chi connectivity index (χ1) is 9.36. The van der Waals surface area contributed by atoms with E-state index in [2.05, 4.69) is 9.97 Å². The molecule has 1 aromatic rings. The van der Waals surface area contributed by atoms with Crippen LogP contribution >= 0.6 is 0 Å². The van der Waals surface area contributed by atoms with Crippen molar-refractivity contribution < 1.29 is 9.53 Å². The third-order valence-electron chi connectivity index (χ3n) is 3.41. The van der Waals surface area contributed by atoms with E-state index in [0.717, 1.165) is 25.9 Å². The largest absolute Gasteiger partial charge is 0.474 e. The van der Waals surface area contributed by atoms with Gasteiger partial charge in [-0.05, 0) is 6.92 Å². The van der Waals surface area contributed by atoms with Crippen molar-refractivity contribution in [3.63, 3.8) is 0 Å². The molecule has 1 aromatic heterocycles. The summed E-state index contributed by atoms with van der Waals surface area (Å²) >= 11 is 0. The van der Waals surface area contributed by atoms with Crippen LogP contribution in [0.2, 0.25) is 0 Å². The van der Waals surface area contributed by atoms with Crippen molar-refractivity contribution >= 4 is 5.91 Å². The van der Waals surface area contributed by atoms with Crippen molar-refractivity contribution in [1.82, 2.24) is 14.9 Å². The molecule has 0 radical (unpaired) electrons. The molecular weight excluding hydrogens is 254 g/mol. The second-order valence-electron chi connectivity index (χ2n) is 6.30. The van der Waals surface area contributed by atoms with Gasteiger partial charge in [-0.2, -0.15) is 4.98 Å². The number of amides is 1. The van der Waals surface area contributed by atoms with Crippen LogP contribution < -0.4 is 4.74 Å². The molecule has 110 valence electrons. The zero-order valence-corrected chi connectivity index (χ0v) is 12.7. The molecule has 0 aliphatic carbocycles. The van der Waals surface area contributed by atoms with Crippen molar-refractivity contribution in [2.24, 2.45) is 5.41 Å². The molecule has 1 amide bonds. The molecule has 20 heavy (non-hydrogen) atoms. The number of hydrogen-bond acceptors (Lipinski definition) is 4. The van der Waals surface area contributed by atoms with Crippen LogP contribution in [-0.2, 0) is 4.79 Å². The van der Waals surface area contributed by atoms with Crippen molar-refractivity contribution in [3.05, 3.63) is 18.1 Å². The van der Waals surface area contributed by atoms with Gasteiger partial charge in [-0.15, -0.1) is 0 Å². The van der Waals surface area contributed by atoms with Crippen LogP contribution in [0.1, 0.15) is 39.4 Å². The van der Waals surface area contributed by atoms with Crippen LogP contribution in [0.3, 0.4) is 0 Å². The SMILES string of the molecule is Cc1nccc(OC2CCN(C(=O)C(C)(C)C)CC2)n1. The highest BCUT2D eigenvalue weighted by Crippen LogP contribution is 2.22. The van der Waals surface area contributed by atoms with Gasteiger partial charge in [0.25, 0.3) is 0 Å². The summed E-state index contributed by atoms with van der Waals surface area (Å²) < 4.78 is 5.86. The number of ether oxygens (including phenoxy) is 1. The Labute approximate surface area is 120 Å². The number of nitrogens with zero attached hydrogens (tertiary/aromatic N) is 3. The summed E-state index contributed by atoms with van der Waals surface area (Å²) in [6.07, 6.45) is 3.54. The molecule has 2 heterocycles. The molecular formula is C15H23N3O2. The van der Waals surface area contributed by atoms with E-state index in [9.17, 15) is 4.79 Å². The van der Waals surface area contributed by atoms with Crippen LogP contribution in [0, 0.1) is 12.3 Å². The number of likely N-dealkylation sites (tertiary alicyclic amines) is 1. The maximum absolute atomic E-state index is 12.2. The molecule has 1 aliphatic rings. The third kappa shape index (κ3) is 3.68. The zero-order chi connectivity index (χ0) is 14.8. The van der Waals surface area contributed by atoms with E-state index in [-0.39, 0.29) is 17.4 Å². The Morgan fingerprint density at radius 1 is 1.35 bits per heavy atom. The fourth-order valence-electron chi connectivity index (χ4n) is 2.32. The van der Waals surface area contributed by atoms with E-state index in [4.69, 9.17) is 4.74 Å². The lowest BCUT2D eigenvalue weighted by Crippen LogP contribution is -2.46. The van der Waals surface area contributed by atoms with Gasteiger partial charge in [0, 0.05) is 43.6 Å². The summed E-state index contributed by atoms with van der Waals surface area (Å²) in [6.45, 7) is 9.23. The number of aryl methyl sites for hydroxylation is 1. The average Bonchev–Trinajstić information content (AvgIpc) is 2.38. The molecule has 0 atom stereocenters. The van der Waals surface area contributed by atoms with Crippen LogP contribution in [0.4, 0.5) is 0 Å². The first-order valence-corrected chi connectivity index (χ1v) is 7.12. The Hall–Kier alpha value is -1.65. The fraction of sp³-hybridized carbons (Fsp3) is 0.667. The molecule has 0 saturated carbocycles. The molecule has 1 aliphatic heterocycles. The second-order valence-corrected chi connectivity index (χ2v) is 6.30. The average molecular weight is 277 g/mol. The Balaban J connectivity index is 1.87. The summed E-state index contributed by atoms with van der Waals surface area (Å²) in [5.41, 5.74) is -0.308. The highest BCUT2D eigenvalue weighted by molar-refractivity contribution is 5.81. The van der Waals surface area contributed by atoms with Crippen LogP contribution in [-0.4, -0.2) is 40.0 Å². The minimum Gasteiger partial charge on any atom is -0.474 e. The van der Waals surface area contributed by atoms with Crippen LogP contribution in [0.15, 0.2) is 12.3 Å². The minimum absolute atomic E-state index is 0.133. The molecule has 0 bridgehead atoms. The van der Waals surface area contributed by atoms with Crippen molar-refractivity contribution in [2.45, 2.75) is 46.6 Å². The lowest BCUT2D eigenvalue weighted by molar-refractivity contribution is -0.141. The van der Waals surface area contributed by atoms with Gasteiger partial charge in [0.2, 0.25) is 11.8 Å². The monoisotopic (exact) mass is 277 g/mol. The standard InChI is InChI=1S/C15H23N3O2/c1-11-16-8-5-13(17-11)20-12-6-9-18(10-7-12)14(19)15(2,3)4/h5,8,12H,6-7,9-10H2,1-4H3. The molecule has 5 nitrogen and oxygen atoms in total. The smallest absolute Gasteiger partial charge is 0.227 e. The number of rotatable bonds is 2. The fourth-order valence-corrected chi connectivity index (χ4v) is 2.32. The first kappa shape index (κ1) is 14.8. The Morgan fingerprint density at radius 2 is 2.00 bits per heavy atom. The summed E-state index contributed by atoms with van der Waals surface area (Å²) in [6, 6.07) is 1.78. The van der Waals surface area contributed by atoms with Gasteiger partial charge >= 0.3 is 0 Å². The predicted octanol–water partition coefficient (Wildman–Crippen LogP) is 2.20. The highest BCUT2D eigenvalue weighted by Gasteiger charge is 2.30. The predicted molar refractivity (Wildman–Crippen MR) is 76.5 cm³/mol. The van der Waals surface area contributed by atoms with E-state index >= 15 is 0 Å². The van der Waals surface area contributed by atoms with Gasteiger partial charge in [0.15, 0.2) is 0 Å². The summed E-state index contributed by atoms with van der Waals surface area (Å²) in [5.74, 6) is 1.55. The maximum atomic E-state index is 12.2. The minimum atomic E-state index is -0.308. The first-order valence-electron chi connectivity index (χ1n) is 7.12. The van der Waals surface area contributed by atoms with Crippen molar-refractivity contribution in [2.75, 3.05) is 13.1 Å². The van der Waals surface area contributed by atoms with E-state index < -0.39 is 0 Å². The van der Waals surface area contributed by atoms with Gasteiger partial charge in [-0.25, -0.2) is 4.98 Å². The lowest BCUT2D eigenvalue weighted by Gasteiger charge is -2.35. The molecule has 5 heteroatoms. The normalized spacial score (nSPS) is 17.1. The third-order valence-corrected chi connectivity index (χ3v) is 3.41. The Kier molecular flexibility index (Phi) is 4.26. The maximum Gasteiger partial charge on any atom is 0.227 e. The van der Waals surface area contributed by atoms with Gasteiger partial charge in [0.05, 0.1) is 0 Å². The number of hydrogen-bond donors (Lipinski definition) is 0. The number of carbonyl (C=O) groups is 1. The topological polar surface area (TPSA) is 55.3 Å². The summed E-state index contributed by atoms with van der Waals surface area (Å²) in [7, 11) is 0. The summed E-state index contributed by atoms with van der Waals surface area (Å²) in [5, 5.41) is 0. The molecule has 1 fully saturated rings. The second kappa shape index (κ2) is 5.77. The van der Waals surface area contributed by atoms with Gasteiger partial charge in [-0.3, -0.25) is 4.79 Å². The number of piperidine rings is 1. The van der Waals surface area contributed by atoms with E-state index in [1.165, 1.54) is 0 Å². The molecule has 0 aromatic carbocycles. The van der Waals surface area contributed by atoms with Crippen molar-refractivity contribution in [1.29, 1.82) is 0 Å². The van der Waals surface area contributed by atoms with E-state index in [1.807, 2.05) is 32.6 Å². The van der Waals surface area contributed by atoms with Crippen molar-refractivity contribution in [3.8, 4) is 5.88 Å². The number of aromatic nitrogens is 2. The van der Waals surface area contributed by atoms with Crippen LogP contribution in [0.5, 0.6) is 5.88 Å². The molecule has 0 spiro atoms. The quantitative estimate of drug-likeness (QED) is 0.831. The van der Waals surface area contributed by atoms with E-state index in [1.54, 1.807) is 12.3 Å². The van der Waals surface area contributed by atoms with E-state index in [0.29, 0.717) is 11.7 Å². The van der Waals surface area contributed by atoms with Crippen LogP contribution in [0.25, 0.3) is 0 Å².